The zero-order chi connectivity index (χ0) is 20.1. The van der Waals surface area contributed by atoms with Crippen LogP contribution in [0.4, 0.5) is 0 Å². The zero-order valence-electron chi connectivity index (χ0n) is 15.9. The van der Waals surface area contributed by atoms with Gasteiger partial charge in [-0.1, -0.05) is 12.1 Å². The molecule has 0 bridgehead atoms. The van der Waals surface area contributed by atoms with Gasteiger partial charge < -0.3 is 14.1 Å². The molecule has 3 rings (SSSR count). The van der Waals surface area contributed by atoms with Crippen LogP contribution in [0.3, 0.4) is 0 Å². The molecule has 0 aliphatic carbocycles. The minimum atomic E-state index is -0.525. The number of hydrogen-bond donors (Lipinski definition) is 2. The van der Waals surface area contributed by atoms with Crippen molar-refractivity contribution in [3.63, 3.8) is 0 Å². The van der Waals surface area contributed by atoms with Gasteiger partial charge in [-0.05, 0) is 43.2 Å². The van der Waals surface area contributed by atoms with Crippen molar-refractivity contribution >= 4 is 17.7 Å². The molecule has 1 aliphatic rings. The van der Waals surface area contributed by atoms with Crippen LogP contribution in [-0.4, -0.2) is 35.8 Å². The van der Waals surface area contributed by atoms with Crippen molar-refractivity contribution in [3.05, 3.63) is 53.5 Å². The topological polar surface area (TPSA) is 101 Å². The van der Waals surface area contributed by atoms with Gasteiger partial charge in [-0.15, -0.1) is 0 Å². The lowest BCUT2D eigenvalue weighted by Gasteiger charge is -2.15. The first-order valence-electron chi connectivity index (χ1n) is 9.01. The van der Waals surface area contributed by atoms with Gasteiger partial charge in [0.15, 0.2) is 6.61 Å². The maximum absolute atomic E-state index is 12.2. The quantitative estimate of drug-likeness (QED) is 0.734. The Morgan fingerprint density at radius 3 is 2.82 bits per heavy atom. The second-order valence-corrected chi connectivity index (χ2v) is 6.85. The lowest BCUT2D eigenvalue weighted by Crippen LogP contribution is -2.46. The molecule has 0 radical (unpaired) electrons. The molecule has 1 aromatic heterocycles. The predicted molar refractivity (Wildman–Crippen MR) is 99.9 cm³/mol. The molecule has 1 unspecified atom stereocenters. The minimum absolute atomic E-state index is 0.0986. The normalized spacial score (nSPS) is 16.1. The smallest absolute Gasteiger partial charge is 0.276 e. The fourth-order valence-corrected chi connectivity index (χ4v) is 2.97. The first kappa shape index (κ1) is 19.5. The van der Waals surface area contributed by atoms with E-state index in [1.165, 1.54) is 6.26 Å². The number of likely N-dealkylation sites (tertiary alicyclic amines) is 1. The van der Waals surface area contributed by atoms with Gasteiger partial charge in [-0.25, -0.2) is 0 Å². The van der Waals surface area contributed by atoms with Gasteiger partial charge in [-0.2, -0.15) is 0 Å². The average molecular weight is 385 g/mol. The highest BCUT2D eigenvalue weighted by Gasteiger charge is 2.34. The SMILES string of the molecule is Cc1ccc(C)c(OCC(=O)NNC(=O)C2CC(=O)N(Cc3ccco3)C2)c1. The summed E-state index contributed by atoms with van der Waals surface area (Å²) < 4.78 is 10.7. The summed E-state index contributed by atoms with van der Waals surface area (Å²) in [7, 11) is 0. The van der Waals surface area contributed by atoms with E-state index in [1.54, 1.807) is 17.0 Å². The van der Waals surface area contributed by atoms with Gasteiger partial charge in [0, 0.05) is 13.0 Å². The number of aryl methyl sites for hydroxylation is 2. The molecule has 1 aliphatic heterocycles. The summed E-state index contributed by atoms with van der Waals surface area (Å²) in [5.41, 5.74) is 6.64. The van der Waals surface area contributed by atoms with E-state index < -0.39 is 17.7 Å². The highest BCUT2D eigenvalue weighted by molar-refractivity contribution is 5.90. The molecule has 1 saturated heterocycles. The maximum Gasteiger partial charge on any atom is 0.276 e. The summed E-state index contributed by atoms with van der Waals surface area (Å²) in [5.74, 6) is -0.257. The number of hydrogen-bond acceptors (Lipinski definition) is 5. The zero-order valence-corrected chi connectivity index (χ0v) is 15.9. The molecule has 8 heteroatoms. The number of ether oxygens (including phenoxy) is 1. The molecule has 1 aromatic carbocycles. The second kappa shape index (κ2) is 8.60. The van der Waals surface area contributed by atoms with Crippen LogP contribution in [0.25, 0.3) is 0 Å². The van der Waals surface area contributed by atoms with Crippen molar-refractivity contribution in [2.75, 3.05) is 13.2 Å². The van der Waals surface area contributed by atoms with Gasteiger partial charge in [0.2, 0.25) is 11.8 Å². The van der Waals surface area contributed by atoms with Crippen molar-refractivity contribution < 1.29 is 23.5 Å². The highest BCUT2D eigenvalue weighted by Crippen LogP contribution is 2.21. The summed E-state index contributed by atoms with van der Waals surface area (Å²) in [6, 6.07) is 9.24. The van der Waals surface area contributed by atoms with Gasteiger partial charge in [0.05, 0.1) is 18.7 Å². The number of hydrazine groups is 1. The van der Waals surface area contributed by atoms with E-state index >= 15 is 0 Å². The van der Waals surface area contributed by atoms with Crippen LogP contribution < -0.4 is 15.6 Å². The Morgan fingerprint density at radius 2 is 2.07 bits per heavy atom. The Labute approximate surface area is 162 Å². The van der Waals surface area contributed by atoms with Crippen LogP contribution in [-0.2, 0) is 20.9 Å². The molecule has 3 amide bonds. The van der Waals surface area contributed by atoms with E-state index in [2.05, 4.69) is 10.9 Å². The van der Waals surface area contributed by atoms with Crippen LogP contribution in [0, 0.1) is 19.8 Å². The predicted octanol–water partition coefficient (Wildman–Crippen LogP) is 1.47. The maximum atomic E-state index is 12.2. The van der Waals surface area contributed by atoms with Gasteiger partial charge in [0.1, 0.15) is 11.5 Å². The summed E-state index contributed by atoms with van der Waals surface area (Å²) in [6.45, 7) is 4.20. The molecule has 0 saturated carbocycles. The third-order valence-corrected chi connectivity index (χ3v) is 4.54. The van der Waals surface area contributed by atoms with Crippen molar-refractivity contribution in [2.24, 2.45) is 5.92 Å². The largest absolute Gasteiger partial charge is 0.483 e. The first-order valence-corrected chi connectivity index (χ1v) is 9.01. The molecule has 28 heavy (non-hydrogen) atoms. The summed E-state index contributed by atoms with van der Waals surface area (Å²) in [6.07, 6.45) is 1.64. The Morgan fingerprint density at radius 1 is 1.25 bits per heavy atom. The van der Waals surface area contributed by atoms with Crippen LogP contribution in [0.15, 0.2) is 41.0 Å². The highest BCUT2D eigenvalue weighted by atomic mass is 16.5. The van der Waals surface area contributed by atoms with Gasteiger partial charge in [-0.3, -0.25) is 25.2 Å². The Balaban J connectivity index is 1.43. The Hall–Kier alpha value is -3.29. The summed E-state index contributed by atoms with van der Waals surface area (Å²) in [5, 5.41) is 0. The van der Waals surface area contributed by atoms with Crippen molar-refractivity contribution in [1.82, 2.24) is 15.8 Å². The Bertz CT molecular complexity index is 863. The van der Waals surface area contributed by atoms with E-state index in [0.29, 0.717) is 18.1 Å². The van der Waals surface area contributed by atoms with Crippen molar-refractivity contribution in [1.29, 1.82) is 0 Å². The molecule has 148 valence electrons. The molecular formula is C20H23N3O5. The van der Waals surface area contributed by atoms with E-state index in [1.807, 2.05) is 32.0 Å². The number of furan rings is 1. The lowest BCUT2D eigenvalue weighted by atomic mass is 10.1. The number of carbonyl (C=O) groups is 3. The van der Waals surface area contributed by atoms with E-state index in [0.717, 1.165) is 11.1 Å². The second-order valence-electron chi connectivity index (χ2n) is 6.85. The third-order valence-electron chi connectivity index (χ3n) is 4.54. The van der Waals surface area contributed by atoms with Gasteiger partial charge >= 0.3 is 0 Å². The summed E-state index contributed by atoms with van der Waals surface area (Å²) >= 11 is 0. The van der Waals surface area contributed by atoms with E-state index in [4.69, 9.17) is 9.15 Å². The van der Waals surface area contributed by atoms with Crippen LogP contribution in [0.2, 0.25) is 0 Å². The van der Waals surface area contributed by atoms with E-state index in [-0.39, 0.29) is 25.5 Å². The molecule has 2 N–H and O–H groups in total. The number of benzene rings is 1. The molecule has 1 fully saturated rings. The fourth-order valence-electron chi connectivity index (χ4n) is 2.97. The Kier molecular flexibility index (Phi) is 5.98. The average Bonchev–Trinajstić information content (AvgIpc) is 3.31. The minimum Gasteiger partial charge on any atom is -0.483 e. The lowest BCUT2D eigenvalue weighted by molar-refractivity contribution is -0.132. The number of nitrogens with zero attached hydrogens (tertiary/aromatic N) is 1. The number of rotatable bonds is 6. The van der Waals surface area contributed by atoms with Crippen LogP contribution >= 0.6 is 0 Å². The number of carbonyl (C=O) groups excluding carboxylic acids is 3. The van der Waals surface area contributed by atoms with Crippen molar-refractivity contribution in [3.8, 4) is 5.75 Å². The van der Waals surface area contributed by atoms with Crippen LogP contribution in [0.1, 0.15) is 23.3 Å². The first-order chi connectivity index (χ1) is 13.4. The molecule has 1 atom stereocenters. The van der Waals surface area contributed by atoms with Gasteiger partial charge in [0.25, 0.3) is 5.91 Å². The van der Waals surface area contributed by atoms with E-state index in [9.17, 15) is 14.4 Å². The molecular weight excluding hydrogens is 362 g/mol. The molecule has 8 nitrogen and oxygen atoms in total. The standard InChI is InChI=1S/C20H23N3O5/c1-13-5-6-14(2)17(8-13)28-12-18(24)21-22-20(26)15-9-19(25)23(10-15)11-16-4-3-7-27-16/h3-8,15H,9-12H2,1-2H3,(H,21,24)(H,22,26). The molecule has 2 heterocycles. The third kappa shape index (κ3) is 4.91. The number of nitrogens with one attached hydrogen (secondary N) is 2. The summed E-state index contributed by atoms with van der Waals surface area (Å²) in [4.78, 5) is 37.8. The molecule has 0 spiro atoms. The van der Waals surface area contributed by atoms with Crippen LogP contribution in [0.5, 0.6) is 5.75 Å². The monoisotopic (exact) mass is 385 g/mol. The number of amides is 3. The van der Waals surface area contributed by atoms with Crippen molar-refractivity contribution in [2.45, 2.75) is 26.8 Å². The molecule has 2 aromatic rings. The fraction of sp³-hybridized carbons (Fsp3) is 0.350.